The van der Waals surface area contributed by atoms with E-state index in [0.717, 1.165) is 22.5 Å². The number of carbonyl (C=O) groups excluding carboxylic acids is 2. The van der Waals surface area contributed by atoms with E-state index in [0.29, 0.717) is 17.4 Å². The predicted molar refractivity (Wildman–Crippen MR) is 133 cm³/mol. The van der Waals surface area contributed by atoms with Crippen molar-refractivity contribution in [3.63, 3.8) is 0 Å². The molecule has 0 bridgehead atoms. The van der Waals surface area contributed by atoms with Crippen LogP contribution in [0.4, 0.5) is 11.4 Å². The Morgan fingerprint density at radius 3 is 2.42 bits per heavy atom. The molecule has 2 heterocycles. The molecule has 0 saturated heterocycles. The Balaban J connectivity index is 1.41. The number of nitrogens with zero attached hydrogens (tertiary/aromatic N) is 3. The van der Waals surface area contributed by atoms with Crippen LogP contribution in [0.2, 0.25) is 0 Å². The Morgan fingerprint density at radius 1 is 1.00 bits per heavy atom. The van der Waals surface area contributed by atoms with Gasteiger partial charge in [0.1, 0.15) is 11.9 Å². The molecule has 2 amide bonds. The van der Waals surface area contributed by atoms with Crippen molar-refractivity contribution in [1.82, 2.24) is 4.90 Å². The fraction of sp³-hybridized carbons (Fsp3) is 0.154. The molecule has 0 fully saturated rings. The average Bonchev–Trinajstić information content (AvgIpc) is 3.17. The number of carbonyl (C=O) groups is 2. The number of para-hydroxylation sites is 2. The molecule has 3 aromatic rings. The van der Waals surface area contributed by atoms with Gasteiger partial charge in [0, 0.05) is 17.7 Å². The predicted octanol–water partition coefficient (Wildman–Crippen LogP) is 4.65. The quantitative estimate of drug-likeness (QED) is 0.610. The lowest BCUT2D eigenvalue weighted by Crippen LogP contribution is -2.42. The summed E-state index contributed by atoms with van der Waals surface area (Å²) in [5, 5.41) is 2.93. The van der Waals surface area contributed by atoms with Crippen LogP contribution in [-0.4, -0.2) is 39.0 Å². The molecule has 0 unspecified atom stereocenters. The van der Waals surface area contributed by atoms with Crippen molar-refractivity contribution in [1.29, 1.82) is 0 Å². The molecule has 0 aliphatic carbocycles. The Morgan fingerprint density at radius 2 is 1.67 bits per heavy atom. The zero-order chi connectivity index (χ0) is 22.8. The SMILES string of the molecule is C[C@@H](SC1=Nc2ccccc2C2=N[C@@H](Cc3ccccc3)C(=O)N12)C(=O)Nc1ccccc1. The molecule has 5 rings (SSSR count). The van der Waals surface area contributed by atoms with E-state index in [9.17, 15) is 9.59 Å². The van der Waals surface area contributed by atoms with Gasteiger partial charge in [-0.2, -0.15) is 0 Å². The molecular weight excluding hydrogens is 432 g/mol. The summed E-state index contributed by atoms with van der Waals surface area (Å²) in [5.41, 5.74) is 3.36. The summed E-state index contributed by atoms with van der Waals surface area (Å²) in [6, 6.07) is 26.3. The molecule has 2 aliphatic rings. The van der Waals surface area contributed by atoms with Crippen molar-refractivity contribution in [2.75, 3.05) is 5.32 Å². The van der Waals surface area contributed by atoms with E-state index in [4.69, 9.17) is 9.98 Å². The number of hydrogen-bond acceptors (Lipinski definition) is 5. The van der Waals surface area contributed by atoms with Gasteiger partial charge in [-0.1, -0.05) is 72.4 Å². The molecule has 0 aromatic heterocycles. The largest absolute Gasteiger partial charge is 0.325 e. The van der Waals surface area contributed by atoms with Gasteiger partial charge in [0.2, 0.25) is 5.91 Å². The van der Waals surface area contributed by atoms with E-state index >= 15 is 0 Å². The first-order chi connectivity index (χ1) is 16.1. The van der Waals surface area contributed by atoms with E-state index in [1.807, 2.05) is 91.9 Å². The second-order valence-electron chi connectivity index (χ2n) is 7.86. The van der Waals surface area contributed by atoms with Crippen LogP contribution in [0.5, 0.6) is 0 Å². The Bertz CT molecular complexity index is 1260. The lowest BCUT2D eigenvalue weighted by Gasteiger charge is -2.26. The van der Waals surface area contributed by atoms with Crippen molar-refractivity contribution >= 4 is 46.0 Å². The summed E-state index contributed by atoms with van der Waals surface area (Å²) < 4.78 is 0. The van der Waals surface area contributed by atoms with Crippen LogP contribution in [0, 0.1) is 0 Å². The Kier molecular flexibility index (Phi) is 5.79. The van der Waals surface area contributed by atoms with Crippen LogP contribution >= 0.6 is 11.8 Å². The summed E-state index contributed by atoms with van der Waals surface area (Å²) in [6.45, 7) is 1.81. The molecule has 33 heavy (non-hydrogen) atoms. The third kappa shape index (κ3) is 4.32. The highest BCUT2D eigenvalue weighted by Crippen LogP contribution is 2.35. The van der Waals surface area contributed by atoms with Crippen molar-refractivity contribution in [2.24, 2.45) is 9.98 Å². The molecule has 164 valence electrons. The van der Waals surface area contributed by atoms with Gasteiger partial charge in [-0.25, -0.2) is 9.89 Å². The monoisotopic (exact) mass is 454 g/mol. The second-order valence-corrected chi connectivity index (χ2v) is 9.17. The lowest BCUT2D eigenvalue weighted by atomic mass is 10.1. The van der Waals surface area contributed by atoms with Gasteiger partial charge >= 0.3 is 0 Å². The van der Waals surface area contributed by atoms with Crippen LogP contribution in [0.25, 0.3) is 0 Å². The lowest BCUT2D eigenvalue weighted by molar-refractivity contribution is -0.124. The van der Waals surface area contributed by atoms with Gasteiger partial charge in [0.15, 0.2) is 5.17 Å². The fourth-order valence-electron chi connectivity index (χ4n) is 3.83. The number of anilines is 1. The van der Waals surface area contributed by atoms with Gasteiger partial charge in [-0.05, 0) is 36.8 Å². The number of aliphatic imine (C=N–C) groups is 2. The maximum Gasteiger partial charge on any atom is 0.259 e. The van der Waals surface area contributed by atoms with Gasteiger partial charge in [-0.15, -0.1) is 0 Å². The minimum Gasteiger partial charge on any atom is -0.325 e. The van der Waals surface area contributed by atoms with Crippen molar-refractivity contribution < 1.29 is 9.59 Å². The van der Waals surface area contributed by atoms with E-state index in [1.165, 1.54) is 11.8 Å². The number of rotatable bonds is 5. The number of hydrogen-bond donors (Lipinski definition) is 1. The number of nitrogens with one attached hydrogen (secondary N) is 1. The van der Waals surface area contributed by atoms with E-state index in [2.05, 4.69) is 5.32 Å². The fourth-order valence-corrected chi connectivity index (χ4v) is 4.74. The third-order valence-corrected chi connectivity index (χ3v) is 6.56. The summed E-state index contributed by atoms with van der Waals surface area (Å²) in [5.74, 6) is 0.328. The van der Waals surface area contributed by atoms with E-state index in [1.54, 1.807) is 4.90 Å². The van der Waals surface area contributed by atoms with Crippen LogP contribution in [0.15, 0.2) is 94.9 Å². The van der Waals surface area contributed by atoms with Gasteiger partial charge in [0.25, 0.3) is 5.91 Å². The summed E-state index contributed by atoms with van der Waals surface area (Å²) in [4.78, 5) is 37.3. The standard InChI is InChI=1S/C26H22N4O2S/c1-17(24(31)27-19-12-6-3-7-13-19)33-26-29-21-15-9-8-14-20(21)23-28-22(25(32)30(23)26)16-18-10-4-2-5-11-18/h2-15,17,22H,16H2,1H3,(H,27,31)/t17-,22+/m1/s1. The first kappa shape index (κ1) is 21.2. The van der Waals surface area contributed by atoms with Crippen LogP contribution in [0.1, 0.15) is 18.1 Å². The molecule has 0 spiro atoms. The summed E-state index contributed by atoms with van der Waals surface area (Å²) in [6.07, 6.45) is 0.518. The van der Waals surface area contributed by atoms with Gasteiger partial charge in [-0.3, -0.25) is 14.6 Å². The molecule has 7 heteroatoms. The Hall–Kier alpha value is -3.71. The number of fused-ring (bicyclic) bond motifs is 3. The number of amidine groups is 2. The summed E-state index contributed by atoms with van der Waals surface area (Å²) in [7, 11) is 0. The first-order valence-electron chi connectivity index (χ1n) is 10.8. The van der Waals surface area contributed by atoms with Crippen molar-refractivity contribution in [3.8, 4) is 0 Å². The summed E-state index contributed by atoms with van der Waals surface area (Å²) >= 11 is 1.26. The van der Waals surface area contributed by atoms with Crippen molar-refractivity contribution in [3.05, 3.63) is 96.1 Å². The maximum absolute atomic E-state index is 13.4. The Labute approximate surface area is 196 Å². The zero-order valence-corrected chi connectivity index (χ0v) is 18.8. The third-order valence-electron chi connectivity index (χ3n) is 5.51. The number of benzene rings is 3. The van der Waals surface area contributed by atoms with Crippen LogP contribution < -0.4 is 5.32 Å². The minimum atomic E-state index is -0.521. The molecule has 2 aliphatic heterocycles. The molecule has 0 saturated carbocycles. The van der Waals surface area contributed by atoms with Crippen LogP contribution in [-0.2, 0) is 16.0 Å². The maximum atomic E-state index is 13.4. The van der Waals surface area contributed by atoms with Crippen LogP contribution in [0.3, 0.4) is 0 Å². The molecule has 0 radical (unpaired) electrons. The molecular formula is C26H22N4O2S. The molecule has 1 N–H and O–H groups in total. The minimum absolute atomic E-state index is 0.120. The normalized spacial score (nSPS) is 17.5. The zero-order valence-electron chi connectivity index (χ0n) is 18.0. The number of thioether (sulfide) groups is 1. The molecule has 6 nitrogen and oxygen atoms in total. The average molecular weight is 455 g/mol. The molecule has 3 aromatic carbocycles. The first-order valence-corrected chi connectivity index (χ1v) is 11.6. The van der Waals surface area contributed by atoms with E-state index in [-0.39, 0.29) is 11.8 Å². The van der Waals surface area contributed by atoms with Crippen molar-refractivity contribution in [2.45, 2.75) is 24.6 Å². The topological polar surface area (TPSA) is 74.1 Å². The highest BCUT2D eigenvalue weighted by Gasteiger charge is 2.42. The van der Waals surface area contributed by atoms with Gasteiger partial charge in [0.05, 0.1) is 10.9 Å². The van der Waals surface area contributed by atoms with Gasteiger partial charge < -0.3 is 5.32 Å². The molecule has 2 atom stereocenters. The highest BCUT2D eigenvalue weighted by molar-refractivity contribution is 8.15. The highest BCUT2D eigenvalue weighted by atomic mass is 32.2. The second kappa shape index (κ2) is 9.03. The van der Waals surface area contributed by atoms with E-state index < -0.39 is 11.3 Å². The smallest absolute Gasteiger partial charge is 0.259 e. The number of amides is 2.